The number of hydrogen-bond donors (Lipinski definition) is 1. The minimum atomic E-state index is 0.610. The Morgan fingerprint density at radius 1 is 1.25 bits per heavy atom. The summed E-state index contributed by atoms with van der Waals surface area (Å²) < 4.78 is 0. The summed E-state index contributed by atoms with van der Waals surface area (Å²) in [5, 5.41) is 3.69. The normalized spacial score (nSPS) is 28.4. The van der Waals surface area contributed by atoms with E-state index in [4.69, 9.17) is 0 Å². The second kappa shape index (κ2) is 6.00. The Kier molecular flexibility index (Phi) is 4.10. The summed E-state index contributed by atoms with van der Waals surface area (Å²) in [6, 6.07) is 4.92. The van der Waals surface area contributed by atoms with Gasteiger partial charge in [-0.2, -0.15) is 0 Å². The van der Waals surface area contributed by atoms with E-state index >= 15 is 0 Å². The molecule has 3 aliphatic rings. The maximum absolute atomic E-state index is 4.60. The zero-order valence-electron chi connectivity index (χ0n) is 12.7. The van der Waals surface area contributed by atoms with Gasteiger partial charge in [0.2, 0.25) is 0 Å². The van der Waals surface area contributed by atoms with Gasteiger partial charge in [0.1, 0.15) is 5.82 Å². The summed E-state index contributed by atoms with van der Waals surface area (Å²) in [5.74, 6) is 1.93. The fraction of sp³-hybridized carbons (Fsp3) is 0.688. The van der Waals surface area contributed by atoms with Gasteiger partial charge in [-0.05, 0) is 57.8 Å². The first-order chi connectivity index (χ1) is 9.80. The fourth-order valence-corrected chi connectivity index (χ4v) is 3.55. The average molecular weight is 274 g/mol. The van der Waals surface area contributed by atoms with Gasteiger partial charge in [0.05, 0.1) is 11.9 Å². The van der Waals surface area contributed by atoms with Crippen LogP contribution in [-0.4, -0.2) is 48.6 Å². The first kappa shape index (κ1) is 13.7. The van der Waals surface area contributed by atoms with Crippen molar-refractivity contribution in [1.29, 1.82) is 0 Å². The van der Waals surface area contributed by atoms with Gasteiger partial charge >= 0.3 is 0 Å². The molecule has 0 spiro atoms. The number of fused-ring (bicyclic) bond motifs is 3. The van der Waals surface area contributed by atoms with Crippen LogP contribution in [-0.2, 0) is 0 Å². The Morgan fingerprint density at radius 3 is 2.50 bits per heavy atom. The molecule has 4 rings (SSSR count). The molecule has 4 nitrogen and oxygen atoms in total. The average Bonchev–Trinajstić information content (AvgIpc) is 2.51. The van der Waals surface area contributed by atoms with Crippen molar-refractivity contribution >= 4 is 11.5 Å². The highest BCUT2D eigenvalue weighted by molar-refractivity contribution is 5.49. The number of piperidine rings is 3. The molecule has 0 aromatic carbocycles. The predicted molar refractivity (Wildman–Crippen MR) is 84.4 cm³/mol. The molecule has 4 heteroatoms. The Hall–Kier alpha value is -1.29. The molecular formula is C16H26N4. The molecule has 3 saturated heterocycles. The van der Waals surface area contributed by atoms with E-state index in [2.05, 4.69) is 46.1 Å². The highest BCUT2D eigenvalue weighted by Crippen LogP contribution is 2.29. The summed E-state index contributed by atoms with van der Waals surface area (Å²) in [4.78, 5) is 9.45. The quantitative estimate of drug-likeness (QED) is 0.893. The third kappa shape index (κ3) is 2.75. The number of hydrogen-bond acceptors (Lipinski definition) is 4. The van der Waals surface area contributed by atoms with Crippen molar-refractivity contribution in [2.45, 2.75) is 32.7 Å². The summed E-state index contributed by atoms with van der Waals surface area (Å²) in [7, 11) is 0. The Morgan fingerprint density at radius 2 is 2.00 bits per heavy atom. The van der Waals surface area contributed by atoms with Crippen LogP contribution in [0, 0.1) is 5.92 Å². The highest BCUT2D eigenvalue weighted by atomic mass is 15.2. The third-order valence-corrected chi connectivity index (χ3v) is 4.84. The zero-order valence-corrected chi connectivity index (χ0v) is 12.7. The van der Waals surface area contributed by atoms with Crippen molar-refractivity contribution in [2.24, 2.45) is 5.92 Å². The second-order valence-electron chi connectivity index (χ2n) is 5.97. The third-order valence-electron chi connectivity index (χ3n) is 4.84. The van der Waals surface area contributed by atoms with Crippen LogP contribution in [0.4, 0.5) is 11.5 Å². The minimum absolute atomic E-state index is 0.610. The van der Waals surface area contributed by atoms with Gasteiger partial charge < -0.3 is 15.1 Å². The lowest BCUT2D eigenvalue weighted by Gasteiger charge is -2.45. The van der Waals surface area contributed by atoms with Crippen molar-refractivity contribution in [3.05, 3.63) is 18.3 Å². The maximum Gasteiger partial charge on any atom is 0.128 e. The van der Waals surface area contributed by atoms with Crippen LogP contribution >= 0.6 is 0 Å². The Labute approximate surface area is 122 Å². The number of nitrogens with zero attached hydrogens (tertiary/aromatic N) is 3. The Bertz CT molecular complexity index is 419. The number of pyridine rings is 1. The van der Waals surface area contributed by atoms with E-state index in [-0.39, 0.29) is 0 Å². The largest absolute Gasteiger partial charge is 0.379 e. The molecule has 0 radical (unpaired) electrons. The van der Waals surface area contributed by atoms with E-state index in [0.717, 1.165) is 24.8 Å². The molecule has 2 bridgehead atoms. The van der Waals surface area contributed by atoms with Crippen molar-refractivity contribution in [3.63, 3.8) is 0 Å². The molecule has 1 aromatic rings. The van der Waals surface area contributed by atoms with E-state index in [9.17, 15) is 0 Å². The van der Waals surface area contributed by atoms with Crippen molar-refractivity contribution in [3.8, 4) is 0 Å². The molecule has 0 aliphatic carbocycles. The standard InChI is InChI=1S/C16H26N4/c1-3-20(4-2)16-6-5-14(11-17-16)18-15-12-19-9-7-13(15)8-10-19/h5-6,11,13,15,18H,3-4,7-10,12H2,1-2H3. The first-order valence-corrected chi connectivity index (χ1v) is 8.00. The van der Waals surface area contributed by atoms with E-state index in [1.54, 1.807) is 0 Å². The zero-order chi connectivity index (χ0) is 13.9. The molecule has 1 aromatic heterocycles. The summed E-state index contributed by atoms with van der Waals surface area (Å²) in [6.45, 7) is 10.1. The molecule has 110 valence electrons. The second-order valence-corrected chi connectivity index (χ2v) is 5.97. The molecule has 1 atom stereocenters. The summed E-state index contributed by atoms with van der Waals surface area (Å²) >= 11 is 0. The van der Waals surface area contributed by atoms with E-state index in [1.165, 1.54) is 38.2 Å². The van der Waals surface area contributed by atoms with Gasteiger partial charge in [0, 0.05) is 25.7 Å². The number of aromatic nitrogens is 1. The highest BCUT2D eigenvalue weighted by Gasteiger charge is 2.33. The molecule has 0 saturated carbocycles. The van der Waals surface area contributed by atoms with E-state index in [0.29, 0.717) is 6.04 Å². The first-order valence-electron chi connectivity index (χ1n) is 8.00. The molecule has 0 amide bonds. The molecule has 3 fully saturated rings. The van der Waals surface area contributed by atoms with Crippen LogP contribution in [0.3, 0.4) is 0 Å². The van der Waals surface area contributed by atoms with Gasteiger partial charge in [-0.15, -0.1) is 0 Å². The van der Waals surface area contributed by atoms with Crippen LogP contribution in [0.2, 0.25) is 0 Å². The molecular weight excluding hydrogens is 248 g/mol. The lowest BCUT2D eigenvalue weighted by Crippen LogP contribution is -2.53. The number of anilines is 2. The van der Waals surface area contributed by atoms with Crippen LogP contribution in [0.25, 0.3) is 0 Å². The van der Waals surface area contributed by atoms with Crippen LogP contribution < -0.4 is 10.2 Å². The lowest BCUT2D eigenvalue weighted by molar-refractivity contribution is 0.0975. The van der Waals surface area contributed by atoms with Crippen LogP contribution in [0.1, 0.15) is 26.7 Å². The number of rotatable bonds is 5. The van der Waals surface area contributed by atoms with Crippen molar-refractivity contribution < 1.29 is 0 Å². The smallest absolute Gasteiger partial charge is 0.128 e. The van der Waals surface area contributed by atoms with Gasteiger partial charge in [0.15, 0.2) is 0 Å². The monoisotopic (exact) mass is 274 g/mol. The van der Waals surface area contributed by atoms with Gasteiger partial charge in [-0.25, -0.2) is 4.98 Å². The maximum atomic E-state index is 4.60. The molecule has 1 N–H and O–H groups in total. The molecule has 4 heterocycles. The van der Waals surface area contributed by atoms with Crippen molar-refractivity contribution in [1.82, 2.24) is 9.88 Å². The molecule has 1 unspecified atom stereocenters. The van der Waals surface area contributed by atoms with E-state index < -0.39 is 0 Å². The van der Waals surface area contributed by atoms with Gasteiger partial charge in [-0.3, -0.25) is 0 Å². The molecule has 20 heavy (non-hydrogen) atoms. The van der Waals surface area contributed by atoms with Crippen LogP contribution in [0.15, 0.2) is 18.3 Å². The topological polar surface area (TPSA) is 31.4 Å². The fourth-order valence-electron chi connectivity index (χ4n) is 3.55. The van der Waals surface area contributed by atoms with Gasteiger partial charge in [0.25, 0.3) is 0 Å². The van der Waals surface area contributed by atoms with E-state index in [1.807, 2.05) is 6.20 Å². The van der Waals surface area contributed by atoms with Crippen molar-refractivity contribution in [2.75, 3.05) is 42.9 Å². The van der Waals surface area contributed by atoms with Gasteiger partial charge in [-0.1, -0.05) is 0 Å². The number of nitrogens with one attached hydrogen (secondary N) is 1. The SMILES string of the molecule is CCN(CC)c1ccc(NC2CN3CCC2CC3)cn1. The van der Waals surface area contributed by atoms with Crippen LogP contribution in [0.5, 0.6) is 0 Å². The predicted octanol–water partition coefficient (Wildman–Crippen LogP) is 2.43. The molecule has 3 aliphatic heterocycles. The summed E-state index contributed by atoms with van der Waals surface area (Å²) in [6.07, 6.45) is 4.69. The summed E-state index contributed by atoms with van der Waals surface area (Å²) in [5.41, 5.74) is 1.17. The Balaban J connectivity index is 1.63. The minimum Gasteiger partial charge on any atom is -0.379 e. The lowest BCUT2D eigenvalue weighted by atomic mass is 9.84.